The van der Waals surface area contributed by atoms with Crippen molar-refractivity contribution in [2.24, 2.45) is 11.7 Å². The van der Waals surface area contributed by atoms with Crippen molar-refractivity contribution in [3.8, 4) is 0 Å². The molecule has 20 heavy (non-hydrogen) atoms. The van der Waals surface area contributed by atoms with Crippen LogP contribution in [0.5, 0.6) is 0 Å². The number of nitrogens with two attached hydrogens (primary N) is 1. The molecule has 0 amide bonds. The van der Waals surface area contributed by atoms with Gasteiger partial charge in [-0.15, -0.1) is 0 Å². The van der Waals surface area contributed by atoms with Crippen molar-refractivity contribution in [3.63, 3.8) is 0 Å². The summed E-state index contributed by atoms with van der Waals surface area (Å²) in [7, 11) is 0. The third-order valence-corrected chi connectivity index (χ3v) is 4.53. The van der Waals surface area contributed by atoms with Gasteiger partial charge in [-0.05, 0) is 37.4 Å². The zero-order valence-corrected chi connectivity index (χ0v) is 12.6. The van der Waals surface area contributed by atoms with Gasteiger partial charge in [0.2, 0.25) is 0 Å². The van der Waals surface area contributed by atoms with Gasteiger partial charge in [-0.25, -0.2) is 4.98 Å². The molecule has 2 aromatic rings. The predicted molar refractivity (Wildman–Crippen MR) is 81.9 cm³/mol. The van der Waals surface area contributed by atoms with Crippen LogP contribution in [0.15, 0.2) is 24.5 Å². The lowest BCUT2D eigenvalue weighted by Gasteiger charge is -2.39. The highest BCUT2D eigenvalue weighted by Gasteiger charge is 2.27. The van der Waals surface area contributed by atoms with E-state index in [0.717, 1.165) is 36.0 Å². The number of nitrogens with zero attached hydrogens (tertiary/aromatic N) is 3. The molecule has 0 aromatic carbocycles. The first-order valence-electron chi connectivity index (χ1n) is 7.24. The monoisotopic (exact) mass is 292 g/mol. The molecule has 2 unspecified atom stereocenters. The molecule has 1 aliphatic heterocycles. The van der Waals surface area contributed by atoms with E-state index in [1.807, 2.05) is 22.7 Å². The lowest BCUT2D eigenvalue weighted by Crippen LogP contribution is -2.48. The Balaban J connectivity index is 1.81. The molecule has 0 bridgehead atoms. The van der Waals surface area contributed by atoms with E-state index < -0.39 is 0 Å². The Morgan fingerprint density at radius 2 is 2.25 bits per heavy atom. The largest absolute Gasteiger partial charge is 0.329 e. The summed E-state index contributed by atoms with van der Waals surface area (Å²) in [5.41, 5.74) is 7.97. The first-order valence-corrected chi connectivity index (χ1v) is 7.62. The second kappa shape index (κ2) is 5.72. The van der Waals surface area contributed by atoms with Crippen molar-refractivity contribution in [2.75, 3.05) is 13.1 Å². The number of likely N-dealkylation sites (tertiary alicyclic amines) is 1. The Morgan fingerprint density at radius 3 is 3.05 bits per heavy atom. The van der Waals surface area contributed by atoms with Crippen LogP contribution in [0, 0.1) is 5.92 Å². The van der Waals surface area contributed by atoms with E-state index in [2.05, 4.69) is 23.0 Å². The summed E-state index contributed by atoms with van der Waals surface area (Å²) >= 11 is 6.01. The normalized spacial score (nSPS) is 24.4. The fourth-order valence-corrected chi connectivity index (χ4v) is 3.38. The zero-order chi connectivity index (χ0) is 14.1. The topological polar surface area (TPSA) is 46.6 Å². The Kier molecular flexibility index (Phi) is 3.96. The molecule has 2 aromatic heterocycles. The van der Waals surface area contributed by atoms with Crippen molar-refractivity contribution in [2.45, 2.75) is 32.4 Å². The summed E-state index contributed by atoms with van der Waals surface area (Å²) in [4.78, 5) is 7.13. The van der Waals surface area contributed by atoms with Crippen LogP contribution >= 0.6 is 11.6 Å². The number of hydrogen-bond donors (Lipinski definition) is 1. The van der Waals surface area contributed by atoms with Crippen molar-refractivity contribution in [1.82, 2.24) is 14.3 Å². The van der Waals surface area contributed by atoms with E-state index in [-0.39, 0.29) is 0 Å². The molecule has 3 rings (SSSR count). The summed E-state index contributed by atoms with van der Waals surface area (Å²) < 4.78 is 1.99. The van der Waals surface area contributed by atoms with Crippen LogP contribution in [0.3, 0.4) is 0 Å². The zero-order valence-electron chi connectivity index (χ0n) is 11.8. The fourth-order valence-electron chi connectivity index (χ4n) is 3.21. The first-order chi connectivity index (χ1) is 9.67. The van der Waals surface area contributed by atoms with Gasteiger partial charge in [0.25, 0.3) is 0 Å². The highest BCUT2D eigenvalue weighted by atomic mass is 35.5. The Hall–Kier alpha value is -1.10. The number of imidazole rings is 1. The highest BCUT2D eigenvalue weighted by Crippen LogP contribution is 2.24. The van der Waals surface area contributed by atoms with E-state index in [4.69, 9.17) is 17.3 Å². The van der Waals surface area contributed by atoms with Crippen LogP contribution in [0.1, 0.15) is 25.5 Å². The van der Waals surface area contributed by atoms with Crippen molar-refractivity contribution in [1.29, 1.82) is 0 Å². The van der Waals surface area contributed by atoms with Crippen molar-refractivity contribution < 1.29 is 0 Å². The lowest BCUT2D eigenvalue weighted by molar-refractivity contribution is 0.0979. The molecule has 4 nitrogen and oxygen atoms in total. The van der Waals surface area contributed by atoms with Gasteiger partial charge in [0.05, 0.1) is 10.7 Å². The molecule has 1 fully saturated rings. The standard InChI is InChI=1S/C15H21ClN4/c1-11-3-2-6-19(14(11)7-17)9-13-10-20-8-12(16)4-5-15(20)18-13/h4-5,8,10-11,14H,2-3,6-7,9,17H2,1H3. The minimum absolute atomic E-state index is 0.470. The summed E-state index contributed by atoms with van der Waals surface area (Å²) in [5, 5.41) is 0.730. The van der Waals surface area contributed by atoms with Gasteiger partial charge < -0.3 is 10.1 Å². The van der Waals surface area contributed by atoms with Crippen molar-refractivity contribution >= 4 is 17.2 Å². The van der Waals surface area contributed by atoms with Gasteiger partial charge in [0.1, 0.15) is 5.65 Å². The summed E-state index contributed by atoms with van der Waals surface area (Å²) in [6.45, 7) is 5.00. The first kappa shape index (κ1) is 13.9. The van der Waals surface area contributed by atoms with Crippen LogP contribution in [-0.4, -0.2) is 33.4 Å². The molecule has 3 heterocycles. The van der Waals surface area contributed by atoms with Crippen LogP contribution in [0.25, 0.3) is 5.65 Å². The maximum Gasteiger partial charge on any atom is 0.137 e. The Morgan fingerprint density at radius 1 is 1.40 bits per heavy atom. The molecule has 0 radical (unpaired) electrons. The fraction of sp³-hybridized carbons (Fsp3) is 0.533. The van der Waals surface area contributed by atoms with Gasteiger partial charge >= 0.3 is 0 Å². The Labute approximate surface area is 124 Å². The third-order valence-electron chi connectivity index (χ3n) is 4.30. The molecule has 1 saturated heterocycles. The van der Waals surface area contributed by atoms with Crippen LogP contribution < -0.4 is 5.73 Å². The van der Waals surface area contributed by atoms with Crippen LogP contribution in [0.4, 0.5) is 0 Å². The average Bonchev–Trinajstić information content (AvgIpc) is 2.80. The number of piperidine rings is 1. The molecular weight excluding hydrogens is 272 g/mol. The minimum atomic E-state index is 0.470. The maximum atomic E-state index is 6.01. The number of halogens is 1. The molecule has 0 saturated carbocycles. The van der Waals surface area contributed by atoms with E-state index in [0.29, 0.717) is 12.0 Å². The Bertz CT molecular complexity index is 595. The van der Waals surface area contributed by atoms with Gasteiger partial charge in [-0.1, -0.05) is 18.5 Å². The second-order valence-corrected chi connectivity index (χ2v) is 6.17. The molecule has 2 N–H and O–H groups in total. The molecule has 1 aliphatic rings. The quantitative estimate of drug-likeness (QED) is 0.946. The summed E-state index contributed by atoms with van der Waals surface area (Å²) in [6, 6.07) is 4.29. The highest BCUT2D eigenvalue weighted by molar-refractivity contribution is 6.30. The summed E-state index contributed by atoms with van der Waals surface area (Å²) in [5.74, 6) is 0.667. The average molecular weight is 293 g/mol. The van der Waals surface area contributed by atoms with Gasteiger partial charge in [-0.3, -0.25) is 4.90 Å². The number of rotatable bonds is 3. The van der Waals surface area contributed by atoms with Gasteiger partial charge in [0, 0.05) is 31.5 Å². The molecule has 2 atom stereocenters. The molecule has 0 aliphatic carbocycles. The smallest absolute Gasteiger partial charge is 0.137 e. The number of hydrogen-bond acceptors (Lipinski definition) is 3. The van der Waals surface area contributed by atoms with Gasteiger partial charge in [-0.2, -0.15) is 0 Å². The van der Waals surface area contributed by atoms with E-state index >= 15 is 0 Å². The minimum Gasteiger partial charge on any atom is -0.329 e. The van der Waals surface area contributed by atoms with E-state index in [1.165, 1.54) is 12.8 Å². The van der Waals surface area contributed by atoms with Gasteiger partial charge in [0.15, 0.2) is 0 Å². The van der Waals surface area contributed by atoms with Crippen LogP contribution in [0.2, 0.25) is 5.02 Å². The molecule has 0 spiro atoms. The van der Waals surface area contributed by atoms with E-state index in [9.17, 15) is 0 Å². The molecule has 5 heteroatoms. The summed E-state index contributed by atoms with van der Waals surface area (Å²) in [6.07, 6.45) is 6.48. The second-order valence-electron chi connectivity index (χ2n) is 5.74. The number of aromatic nitrogens is 2. The lowest BCUT2D eigenvalue weighted by atomic mass is 9.91. The number of fused-ring (bicyclic) bond motifs is 1. The molecular formula is C15H21ClN4. The maximum absolute atomic E-state index is 6.01. The van der Waals surface area contributed by atoms with E-state index in [1.54, 1.807) is 0 Å². The number of pyridine rings is 1. The van der Waals surface area contributed by atoms with Crippen molar-refractivity contribution in [3.05, 3.63) is 35.2 Å². The molecule has 108 valence electrons. The SMILES string of the molecule is CC1CCCN(Cc2cn3cc(Cl)ccc3n2)C1CN. The van der Waals surface area contributed by atoms with Crippen LogP contribution in [-0.2, 0) is 6.54 Å². The predicted octanol–water partition coefficient (Wildman–Crippen LogP) is 2.55. The third kappa shape index (κ3) is 2.68.